The maximum absolute atomic E-state index is 10.7. The number of aryl methyl sites for hydroxylation is 1. The van der Waals surface area contributed by atoms with Gasteiger partial charge in [0.15, 0.2) is 0 Å². The Hall–Kier alpha value is -1.31. The minimum absolute atomic E-state index is 0.0314. The first-order chi connectivity index (χ1) is 6.59. The quantitative estimate of drug-likeness (QED) is 0.780. The van der Waals surface area contributed by atoms with E-state index in [2.05, 4.69) is 43.4 Å². The molecule has 0 heterocycles. The first-order valence-electron chi connectivity index (χ1n) is 4.90. The van der Waals surface area contributed by atoms with E-state index in [1.54, 1.807) is 6.92 Å². The Labute approximate surface area is 85.3 Å². The van der Waals surface area contributed by atoms with Gasteiger partial charge in [0.1, 0.15) is 0 Å². The van der Waals surface area contributed by atoms with Crippen LogP contribution >= 0.6 is 0 Å². The van der Waals surface area contributed by atoms with Crippen LogP contribution in [0.4, 0.5) is 0 Å². The van der Waals surface area contributed by atoms with Crippen molar-refractivity contribution >= 4 is 5.91 Å². The van der Waals surface area contributed by atoms with Crippen LogP contribution in [-0.4, -0.2) is 12.5 Å². The van der Waals surface area contributed by atoms with Crippen LogP contribution in [0.3, 0.4) is 0 Å². The largest absolute Gasteiger partial charge is 0.356 e. The van der Waals surface area contributed by atoms with Gasteiger partial charge in [-0.1, -0.05) is 36.8 Å². The summed E-state index contributed by atoms with van der Waals surface area (Å²) in [5.74, 6) is 0.406. The lowest BCUT2D eigenvalue weighted by Crippen LogP contribution is -2.24. The molecule has 0 fully saturated rings. The van der Waals surface area contributed by atoms with Gasteiger partial charge in [-0.2, -0.15) is 0 Å². The lowest BCUT2D eigenvalue weighted by molar-refractivity contribution is -0.119. The molecule has 2 nitrogen and oxygen atoms in total. The Bertz CT molecular complexity index is 303. The summed E-state index contributed by atoms with van der Waals surface area (Å²) < 4.78 is 0. The van der Waals surface area contributed by atoms with Crippen molar-refractivity contribution in [3.05, 3.63) is 35.4 Å². The lowest BCUT2D eigenvalue weighted by Gasteiger charge is -2.12. The Balaban J connectivity index is 2.56. The molecule has 0 aliphatic rings. The molecule has 14 heavy (non-hydrogen) atoms. The Morgan fingerprint density at radius 2 is 1.93 bits per heavy atom. The molecular weight excluding hydrogens is 174 g/mol. The fourth-order valence-corrected chi connectivity index (χ4v) is 1.31. The number of hydrogen-bond donors (Lipinski definition) is 1. The number of hydrogen-bond acceptors (Lipinski definition) is 1. The molecule has 0 spiro atoms. The summed E-state index contributed by atoms with van der Waals surface area (Å²) in [6.07, 6.45) is 0. The van der Waals surface area contributed by atoms with E-state index in [-0.39, 0.29) is 5.91 Å². The Morgan fingerprint density at radius 3 is 2.43 bits per heavy atom. The van der Waals surface area contributed by atoms with Gasteiger partial charge in [-0.05, 0) is 18.4 Å². The van der Waals surface area contributed by atoms with Gasteiger partial charge in [-0.25, -0.2) is 0 Å². The molecule has 0 radical (unpaired) electrons. The topological polar surface area (TPSA) is 29.1 Å². The van der Waals surface area contributed by atoms with Crippen molar-refractivity contribution in [2.75, 3.05) is 6.54 Å². The minimum atomic E-state index is 0.0314. The number of benzene rings is 1. The van der Waals surface area contributed by atoms with E-state index in [4.69, 9.17) is 0 Å². The Morgan fingerprint density at radius 1 is 1.36 bits per heavy atom. The molecule has 0 saturated heterocycles. The molecule has 0 aromatic heterocycles. The summed E-state index contributed by atoms with van der Waals surface area (Å²) >= 11 is 0. The zero-order valence-corrected chi connectivity index (χ0v) is 9.00. The van der Waals surface area contributed by atoms with Crippen LogP contribution in [0.15, 0.2) is 24.3 Å². The molecule has 1 aromatic rings. The highest BCUT2D eigenvalue weighted by Crippen LogP contribution is 2.14. The van der Waals surface area contributed by atoms with E-state index in [9.17, 15) is 4.79 Å². The van der Waals surface area contributed by atoms with E-state index >= 15 is 0 Å². The van der Waals surface area contributed by atoms with Gasteiger partial charge < -0.3 is 5.32 Å². The SMILES string of the molecule is CC(=O)NC[C@H](C)c1ccc(C)cc1. The smallest absolute Gasteiger partial charge is 0.216 e. The molecule has 1 N–H and O–H groups in total. The predicted molar refractivity (Wildman–Crippen MR) is 58.3 cm³/mol. The molecule has 0 saturated carbocycles. The Kier molecular flexibility index (Phi) is 3.69. The van der Waals surface area contributed by atoms with Gasteiger partial charge in [0.25, 0.3) is 0 Å². The van der Waals surface area contributed by atoms with Crippen molar-refractivity contribution in [1.29, 1.82) is 0 Å². The van der Waals surface area contributed by atoms with Crippen LogP contribution < -0.4 is 5.32 Å². The van der Waals surface area contributed by atoms with Gasteiger partial charge >= 0.3 is 0 Å². The van der Waals surface area contributed by atoms with Crippen LogP contribution in [-0.2, 0) is 4.79 Å². The third kappa shape index (κ3) is 3.21. The highest BCUT2D eigenvalue weighted by Gasteiger charge is 2.04. The second kappa shape index (κ2) is 4.80. The zero-order chi connectivity index (χ0) is 10.6. The van der Waals surface area contributed by atoms with Crippen LogP contribution in [0.2, 0.25) is 0 Å². The summed E-state index contributed by atoms with van der Waals surface area (Å²) in [4.78, 5) is 10.7. The zero-order valence-electron chi connectivity index (χ0n) is 9.00. The van der Waals surface area contributed by atoms with Crippen molar-refractivity contribution in [1.82, 2.24) is 5.32 Å². The second-order valence-electron chi connectivity index (χ2n) is 3.75. The van der Waals surface area contributed by atoms with E-state index in [1.807, 2.05) is 0 Å². The van der Waals surface area contributed by atoms with Gasteiger partial charge in [0.2, 0.25) is 5.91 Å². The average Bonchev–Trinajstić information content (AvgIpc) is 2.15. The van der Waals surface area contributed by atoms with Gasteiger partial charge in [-0.3, -0.25) is 4.79 Å². The molecule has 1 aromatic carbocycles. The molecule has 76 valence electrons. The minimum Gasteiger partial charge on any atom is -0.356 e. The van der Waals surface area contributed by atoms with Crippen LogP contribution in [0, 0.1) is 6.92 Å². The van der Waals surface area contributed by atoms with Crippen molar-refractivity contribution < 1.29 is 4.79 Å². The maximum Gasteiger partial charge on any atom is 0.216 e. The molecule has 1 amide bonds. The van der Waals surface area contributed by atoms with E-state index in [1.165, 1.54) is 11.1 Å². The summed E-state index contributed by atoms with van der Waals surface area (Å²) in [5, 5.41) is 2.82. The lowest BCUT2D eigenvalue weighted by atomic mass is 10.0. The van der Waals surface area contributed by atoms with Gasteiger partial charge in [0, 0.05) is 13.5 Å². The third-order valence-corrected chi connectivity index (χ3v) is 2.30. The van der Waals surface area contributed by atoms with E-state index in [0.29, 0.717) is 12.5 Å². The third-order valence-electron chi connectivity index (χ3n) is 2.30. The molecule has 1 atom stereocenters. The number of nitrogens with one attached hydrogen (secondary N) is 1. The summed E-state index contributed by atoms with van der Waals surface area (Å²) in [7, 11) is 0. The fraction of sp³-hybridized carbons (Fsp3) is 0.417. The summed E-state index contributed by atoms with van der Waals surface area (Å²) in [5.41, 5.74) is 2.53. The van der Waals surface area contributed by atoms with Crippen molar-refractivity contribution in [2.45, 2.75) is 26.7 Å². The molecule has 0 aliphatic heterocycles. The normalized spacial score (nSPS) is 12.2. The monoisotopic (exact) mass is 191 g/mol. The second-order valence-corrected chi connectivity index (χ2v) is 3.75. The number of rotatable bonds is 3. The molecule has 0 bridgehead atoms. The van der Waals surface area contributed by atoms with Gasteiger partial charge in [0.05, 0.1) is 0 Å². The van der Waals surface area contributed by atoms with Gasteiger partial charge in [-0.15, -0.1) is 0 Å². The highest BCUT2D eigenvalue weighted by molar-refractivity contribution is 5.72. The first-order valence-corrected chi connectivity index (χ1v) is 4.90. The predicted octanol–water partition coefficient (Wildman–Crippen LogP) is 2.23. The highest BCUT2D eigenvalue weighted by atomic mass is 16.1. The first kappa shape index (κ1) is 10.8. The standard InChI is InChI=1S/C12H17NO/c1-9-4-6-12(7-5-9)10(2)8-13-11(3)14/h4-7,10H,8H2,1-3H3,(H,13,14)/t10-/m0/s1. The number of carbonyl (C=O) groups is 1. The van der Waals surface area contributed by atoms with E-state index in [0.717, 1.165) is 0 Å². The maximum atomic E-state index is 10.7. The molecule has 1 rings (SSSR count). The van der Waals surface area contributed by atoms with Crippen molar-refractivity contribution in [3.8, 4) is 0 Å². The van der Waals surface area contributed by atoms with Crippen molar-refractivity contribution in [3.63, 3.8) is 0 Å². The van der Waals surface area contributed by atoms with E-state index < -0.39 is 0 Å². The number of carbonyl (C=O) groups excluding carboxylic acids is 1. The van der Waals surface area contributed by atoms with Crippen LogP contribution in [0.5, 0.6) is 0 Å². The molecule has 2 heteroatoms. The molecule has 0 unspecified atom stereocenters. The van der Waals surface area contributed by atoms with Crippen LogP contribution in [0.1, 0.15) is 30.9 Å². The van der Waals surface area contributed by atoms with Crippen molar-refractivity contribution in [2.24, 2.45) is 0 Å². The van der Waals surface area contributed by atoms with Crippen LogP contribution in [0.25, 0.3) is 0 Å². The number of amides is 1. The summed E-state index contributed by atoms with van der Waals surface area (Å²) in [6.45, 7) is 6.43. The fourth-order valence-electron chi connectivity index (χ4n) is 1.31. The molecular formula is C12H17NO. The average molecular weight is 191 g/mol. The molecule has 0 aliphatic carbocycles. The summed E-state index contributed by atoms with van der Waals surface area (Å²) in [6, 6.07) is 8.42.